The van der Waals surface area contributed by atoms with Gasteiger partial charge in [-0.25, -0.2) is 0 Å². The van der Waals surface area contributed by atoms with Gasteiger partial charge in [-0.3, -0.25) is 9.59 Å². The summed E-state index contributed by atoms with van der Waals surface area (Å²) in [4.78, 5) is 23.4. The van der Waals surface area contributed by atoms with Crippen molar-refractivity contribution < 1.29 is 24.9 Å². The van der Waals surface area contributed by atoms with Crippen LogP contribution in [0.4, 0.5) is 0 Å². The highest BCUT2D eigenvalue weighted by Crippen LogP contribution is 2.46. The third-order valence-corrected chi connectivity index (χ3v) is 5.82. The molecule has 5 nitrogen and oxygen atoms in total. The van der Waals surface area contributed by atoms with Crippen LogP contribution in [0.2, 0.25) is 0 Å². The number of carboxylic acids is 2. The van der Waals surface area contributed by atoms with Crippen LogP contribution in [-0.4, -0.2) is 32.9 Å². The first-order valence-electron chi connectivity index (χ1n) is 9.50. The standard InChI is InChI=1S/C20H34O5/c1-4-6-13-20(25,5-2)14-8-7-11-19(17(23)24)12-9-10-18(3,15-19)16(21)22/h9,12,25H,4-8,10-11,13-15H2,1-3H3,(H,21,22)(H,23,24). The van der Waals surface area contributed by atoms with Crippen molar-refractivity contribution in [2.75, 3.05) is 0 Å². The molecular formula is C20H34O5. The second kappa shape index (κ2) is 8.84. The first-order valence-corrected chi connectivity index (χ1v) is 9.50. The van der Waals surface area contributed by atoms with Crippen molar-refractivity contribution >= 4 is 11.9 Å². The van der Waals surface area contributed by atoms with Crippen molar-refractivity contribution in [1.29, 1.82) is 0 Å². The maximum Gasteiger partial charge on any atom is 0.313 e. The lowest BCUT2D eigenvalue weighted by Gasteiger charge is -2.38. The van der Waals surface area contributed by atoms with E-state index in [-0.39, 0.29) is 6.42 Å². The number of carboxylic acid groups (broad SMARTS) is 2. The minimum atomic E-state index is -1.11. The highest BCUT2D eigenvalue weighted by Gasteiger charge is 2.48. The van der Waals surface area contributed by atoms with Crippen LogP contribution in [0.3, 0.4) is 0 Å². The summed E-state index contributed by atoms with van der Waals surface area (Å²) in [5, 5.41) is 29.8. The van der Waals surface area contributed by atoms with Gasteiger partial charge < -0.3 is 15.3 Å². The SMILES string of the molecule is CCCCC(O)(CC)CCCCC1(C(=O)O)C=CCC(C)(C(=O)O)C1. The van der Waals surface area contributed by atoms with Crippen LogP contribution in [0, 0.1) is 10.8 Å². The van der Waals surface area contributed by atoms with Gasteiger partial charge in [0.25, 0.3) is 0 Å². The Morgan fingerprint density at radius 3 is 2.24 bits per heavy atom. The Bertz CT molecular complexity index is 500. The molecule has 0 spiro atoms. The first-order chi connectivity index (χ1) is 11.6. The Balaban J connectivity index is 2.68. The molecule has 0 amide bonds. The van der Waals surface area contributed by atoms with E-state index in [1.54, 1.807) is 19.1 Å². The van der Waals surface area contributed by atoms with Gasteiger partial charge in [0, 0.05) is 0 Å². The summed E-state index contributed by atoms with van der Waals surface area (Å²) in [6.07, 6.45) is 9.88. The van der Waals surface area contributed by atoms with Crippen LogP contribution in [0.15, 0.2) is 12.2 Å². The van der Waals surface area contributed by atoms with Crippen LogP contribution in [0.5, 0.6) is 0 Å². The Labute approximate surface area is 151 Å². The maximum atomic E-state index is 11.9. The Hall–Kier alpha value is -1.36. The van der Waals surface area contributed by atoms with Gasteiger partial charge in [0.05, 0.1) is 16.4 Å². The molecule has 0 aromatic heterocycles. The number of aliphatic hydroxyl groups is 1. The molecule has 0 fully saturated rings. The van der Waals surface area contributed by atoms with E-state index < -0.39 is 28.4 Å². The second-order valence-electron chi connectivity index (χ2n) is 8.00. The molecule has 0 radical (unpaired) electrons. The number of rotatable bonds is 11. The second-order valence-corrected chi connectivity index (χ2v) is 8.00. The normalized spacial score (nSPS) is 28.5. The summed E-state index contributed by atoms with van der Waals surface area (Å²) in [6.45, 7) is 5.70. The molecule has 3 atom stereocenters. The zero-order chi connectivity index (χ0) is 19.1. The molecule has 0 saturated heterocycles. The molecule has 25 heavy (non-hydrogen) atoms. The molecule has 5 heteroatoms. The third kappa shape index (κ3) is 5.56. The van der Waals surface area contributed by atoms with Crippen LogP contribution in [-0.2, 0) is 9.59 Å². The predicted molar refractivity (Wildman–Crippen MR) is 97.4 cm³/mol. The van der Waals surface area contributed by atoms with E-state index in [4.69, 9.17) is 0 Å². The number of hydrogen-bond donors (Lipinski definition) is 3. The lowest BCUT2D eigenvalue weighted by atomic mass is 9.64. The number of carbonyl (C=O) groups is 2. The zero-order valence-corrected chi connectivity index (χ0v) is 15.9. The van der Waals surface area contributed by atoms with Gasteiger partial charge in [-0.05, 0) is 45.4 Å². The smallest absolute Gasteiger partial charge is 0.313 e. The molecule has 0 saturated carbocycles. The first kappa shape index (κ1) is 21.7. The van der Waals surface area contributed by atoms with Crippen LogP contribution in [0.1, 0.15) is 85.0 Å². The zero-order valence-electron chi connectivity index (χ0n) is 15.9. The molecule has 1 aliphatic carbocycles. The summed E-state index contributed by atoms with van der Waals surface area (Å²) >= 11 is 0. The molecule has 0 heterocycles. The summed E-state index contributed by atoms with van der Waals surface area (Å²) in [6, 6.07) is 0. The summed E-state index contributed by atoms with van der Waals surface area (Å²) in [5.41, 5.74) is -2.80. The Kier molecular flexibility index (Phi) is 7.66. The van der Waals surface area contributed by atoms with Crippen molar-refractivity contribution in [3.8, 4) is 0 Å². The minimum absolute atomic E-state index is 0.120. The van der Waals surface area contributed by atoms with E-state index in [9.17, 15) is 24.9 Å². The number of allylic oxidation sites excluding steroid dienone is 1. The van der Waals surface area contributed by atoms with Crippen molar-refractivity contribution in [3.63, 3.8) is 0 Å². The number of hydrogen-bond acceptors (Lipinski definition) is 3. The van der Waals surface area contributed by atoms with Crippen molar-refractivity contribution in [1.82, 2.24) is 0 Å². The molecule has 0 aliphatic heterocycles. The van der Waals surface area contributed by atoms with Gasteiger partial charge in [0.2, 0.25) is 0 Å². The fourth-order valence-corrected chi connectivity index (χ4v) is 3.84. The van der Waals surface area contributed by atoms with Crippen molar-refractivity contribution in [3.05, 3.63) is 12.2 Å². The van der Waals surface area contributed by atoms with Crippen LogP contribution < -0.4 is 0 Å². The molecular weight excluding hydrogens is 320 g/mol. The average molecular weight is 354 g/mol. The largest absolute Gasteiger partial charge is 0.481 e. The van der Waals surface area contributed by atoms with Crippen molar-refractivity contribution in [2.45, 2.75) is 90.6 Å². The highest BCUT2D eigenvalue weighted by atomic mass is 16.4. The molecule has 0 aromatic carbocycles. The van der Waals surface area contributed by atoms with Gasteiger partial charge in [-0.15, -0.1) is 0 Å². The van der Waals surface area contributed by atoms with E-state index >= 15 is 0 Å². The van der Waals surface area contributed by atoms with E-state index in [0.717, 1.165) is 25.7 Å². The lowest BCUT2D eigenvalue weighted by Crippen LogP contribution is -2.41. The lowest BCUT2D eigenvalue weighted by molar-refractivity contribution is -0.155. The fraction of sp³-hybridized carbons (Fsp3) is 0.800. The fourth-order valence-electron chi connectivity index (χ4n) is 3.84. The molecule has 1 rings (SSSR count). The average Bonchev–Trinajstić information content (AvgIpc) is 2.57. The van der Waals surface area contributed by atoms with Gasteiger partial charge in [-0.1, -0.05) is 51.7 Å². The minimum Gasteiger partial charge on any atom is -0.481 e. The monoisotopic (exact) mass is 354 g/mol. The number of unbranched alkanes of at least 4 members (excludes halogenated alkanes) is 2. The predicted octanol–water partition coefficient (Wildman–Crippen LogP) is 4.39. The maximum absolute atomic E-state index is 11.9. The van der Waals surface area contributed by atoms with Crippen LogP contribution in [0.25, 0.3) is 0 Å². The quantitative estimate of drug-likeness (QED) is 0.378. The molecule has 1 aliphatic rings. The number of aliphatic carboxylic acids is 2. The van der Waals surface area contributed by atoms with Crippen LogP contribution >= 0.6 is 0 Å². The summed E-state index contributed by atoms with van der Waals surface area (Å²) < 4.78 is 0. The molecule has 3 N–H and O–H groups in total. The van der Waals surface area contributed by atoms with E-state index in [2.05, 4.69) is 6.92 Å². The van der Waals surface area contributed by atoms with Crippen molar-refractivity contribution in [2.24, 2.45) is 10.8 Å². The Morgan fingerprint density at radius 1 is 1.08 bits per heavy atom. The Morgan fingerprint density at radius 2 is 1.72 bits per heavy atom. The molecule has 144 valence electrons. The molecule has 3 unspecified atom stereocenters. The van der Waals surface area contributed by atoms with E-state index in [1.165, 1.54) is 0 Å². The third-order valence-electron chi connectivity index (χ3n) is 5.82. The van der Waals surface area contributed by atoms with E-state index in [1.807, 2.05) is 6.92 Å². The molecule has 0 aromatic rings. The van der Waals surface area contributed by atoms with Gasteiger partial charge in [-0.2, -0.15) is 0 Å². The van der Waals surface area contributed by atoms with Gasteiger partial charge in [0.1, 0.15) is 0 Å². The summed E-state index contributed by atoms with van der Waals surface area (Å²) in [5.74, 6) is -1.89. The van der Waals surface area contributed by atoms with Gasteiger partial charge >= 0.3 is 11.9 Å². The summed E-state index contributed by atoms with van der Waals surface area (Å²) in [7, 11) is 0. The highest BCUT2D eigenvalue weighted by molar-refractivity contribution is 5.81. The van der Waals surface area contributed by atoms with Gasteiger partial charge in [0.15, 0.2) is 0 Å². The topological polar surface area (TPSA) is 94.8 Å². The molecule has 0 bridgehead atoms. The van der Waals surface area contributed by atoms with E-state index in [0.29, 0.717) is 32.1 Å².